The van der Waals surface area contributed by atoms with Gasteiger partial charge >= 0.3 is 6.18 Å². The second-order valence-electron chi connectivity index (χ2n) is 5.06. The SMILES string of the molecule is CCOc1ccc(-c2ccc(=O)n(CC(=O)NCC(F)(F)F)n2)cc1. The minimum absolute atomic E-state index is 0.409. The van der Waals surface area contributed by atoms with Crippen LogP contribution in [-0.4, -0.2) is 35.0 Å². The Hall–Kier alpha value is -2.84. The summed E-state index contributed by atoms with van der Waals surface area (Å²) < 4.78 is 42.4. The zero-order valence-corrected chi connectivity index (χ0v) is 13.3. The molecule has 0 bridgehead atoms. The normalized spacial score (nSPS) is 11.2. The molecule has 134 valence electrons. The van der Waals surface area contributed by atoms with Crippen LogP contribution in [0.2, 0.25) is 0 Å². The molecular weight excluding hydrogens is 339 g/mol. The second kappa shape index (κ2) is 7.82. The monoisotopic (exact) mass is 355 g/mol. The van der Waals surface area contributed by atoms with Crippen LogP contribution in [0.1, 0.15) is 6.92 Å². The molecule has 1 aromatic heterocycles. The highest BCUT2D eigenvalue weighted by atomic mass is 19.4. The van der Waals surface area contributed by atoms with E-state index >= 15 is 0 Å². The molecule has 0 spiro atoms. The largest absolute Gasteiger partial charge is 0.494 e. The molecule has 0 aliphatic rings. The second-order valence-corrected chi connectivity index (χ2v) is 5.06. The van der Waals surface area contributed by atoms with Crippen LogP contribution in [0, 0.1) is 0 Å². The Labute approximate surface area is 141 Å². The van der Waals surface area contributed by atoms with Crippen molar-refractivity contribution in [2.75, 3.05) is 13.2 Å². The molecule has 1 heterocycles. The number of carbonyl (C=O) groups excluding carboxylic acids is 1. The molecular formula is C16H16F3N3O3. The number of carbonyl (C=O) groups is 1. The first-order chi connectivity index (χ1) is 11.8. The first-order valence-electron chi connectivity index (χ1n) is 7.43. The fourth-order valence-electron chi connectivity index (χ4n) is 2.00. The van der Waals surface area contributed by atoms with Crippen molar-refractivity contribution in [2.24, 2.45) is 0 Å². The van der Waals surface area contributed by atoms with Crippen molar-refractivity contribution in [1.82, 2.24) is 15.1 Å². The van der Waals surface area contributed by atoms with Crippen LogP contribution in [0.5, 0.6) is 5.75 Å². The Balaban J connectivity index is 2.14. The number of amides is 1. The molecule has 0 fully saturated rings. The van der Waals surface area contributed by atoms with Crippen LogP contribution in [0.4, 0.5) is 13.2 Å². The van der Waals surface area contributed by atoms with E-state index in [0.717, 1.165) is 4.68 Å². The van der Waals surface area contributed by atoms with Crippen LogP contribution in [-0.2, 0) is 11.3 Å². The van der Waals surface area contributed by atoms with Crippen LogP contribution < -0.4 is 15.6 Å². The Morgan fingerprint density at radius 3 is 2.48 bits per heavy atom. The average Bonchev–Trinajstić information content (AvgIpc) is 2.55. The molecule has 1 amide bonds. The number of ether oxygens (including phenoxy) is 1. The fourth-order valence-corrected chi connectivity index (χ4v) is 2.00. The highest BCUT2D eigenvalue weighted by molar-refractivity contribution is 5.75. The zero-order chi connectivity index (χ0) is 18.4. The molecule has 0 radical (unpaired) electrons. The van der Waals surface area contributed by atoms with Gasteiger partial charge in [-0.05, 0) is 37.3 Å². The molecule has 0 saturated heterocycles. The van der Waals surface area contributed by atoms with Crippen molar-refractivity contribution in [2.45, 2.75) is 19.6 Å². The maximum atomic E-state index is 12.1. The first-order valence-corrected chi connectivity index (χ1v) is 7.43. The summed E-state index contributed by atoms with van der Waals surface area (Å²) in [7, 11) is 0. The highest BCUT2D eigenvalue weighted by Gasteiger charge is 2.27. The van der Waals surface area contributed by atoms with Crippen LogP contribution in [0.25, 0.3) is 11.3 Å². The highest BCUT2D eigenvalue weighted by Crippen LogP contribution is 2.19. The minimum Gasteiger partial charge on any atom is -0.494 e. The molecule has 2 aromatic rings. The van der Waals surface area contributed by atoms with E-state index in [1.165, 1.54) is 12.1 Å². The van der Waals surface area contributed by atoms with E-state index in [-0.39, 0.29) is 0 Å². The van der Waals surface area contributed by atoms with Crippen LogP contribution in [0.15, 0.2) is 41.2 Å². The fraction of sp³-hybridized carbons (Fsp3) is 0.312. The van der Waals surface area contributed by atoms with Gasteiger partial charge in [0.2, 0.25) is 5.91 Å². The Bertz CT molecular complexity index is 786. The summed E-state index contributed by atoms with van der Waals surface area (Å²) in [5, 5.41) is 5.72. The van der Waals surface area contributed by atoms with E-state index in [2.05, 4.69) is 5.10 Å². The lowest BCUT2D eigenvalue weighted by Gasteiger charge is -2.10. The lowest BCUT2D eigenvalue weighted by atomic mass is 10.1. The Kier molecular flexibility index (Phi) is 5.79. The van der Waals surface area contributed by atoms with Crippen molar-refractivity contribution >= 4 is 5.91 Å². The standard InChI is InChI=1S/C16H16F3N3O3/c1-2-25-12-5-3-11(4-6-12)13-7-8-15(24)22(21-13)9-14(23)20-10-16(17,18)19/h3-8H,2,9-10H2,1H3,(H,20,23). The van der Waals surface area contributed by atoms with Crippen molar-refractivity contribution in [3.63, 3.8) is 0 Å². The van der Waals surface area contributed by atoms with Gasteiger partial charge in [-0.3, -0.25) is 9.59 Å². The molecule has 0 aliphatic carbocycles. The van der Waals surface area contributed by atoms with Gasteiger partial charge in [-0.25, -0.2) is 4.68 Å². The van der Waals surface area contributed by atoms with Gasteiger partial charge in [0.05, 0.1) is 12.3 Å². The van der Waals surface area contributed by atoms with Gasteiger partial charge in [0.15, 0.2) is 0 Å². The molecule has 1 aromatic carbocycles. The first kappa shape index (κ1) is 18.5. The molecule has 6 nitrogen and oxygen atoms in total. The number of nitrogens with zero attached hydrogens (tertiary/aromatic N) is 2. The average molecular weight is 355 g/mol. The molecule has 0 saturated carbocycles. The van der Waals surface area contributed by atoms with Crippen LogP contribution in [0.3, 0.4) is 0 Å². The molecule has 9 heteroatoms. The van der Waals surface area contributed by atoms with Gasteiger partial charge in [0.25, 0.3) is 5.56 Å². The topological polar surface area (TPSA) is 73.2 Å². The van der Waals surface area contributed by atoms with Gasteiger partial charge in [-0.2, -0.15) is 18.3 Å². The third-order valence-electron chi connectivity index (χ3n) is 3.11. The lowest BCUT2D eigenvalue weighted by Crippen LogP contribution is -2.38. The number of nitrogens with one attached hydrogen (secondary N) is 1. The predicted molar refractivity (Wildman–Crippen MR) is 84.2 cm³/mol. The number of hydrogen-bond donors (Lipinski definition) is 1. The summed E-state index contributed by atoms with van der Waals surface area (Å²) in [5.74, 6) is -0.276. The smallest absolute Gasteiger partial charge is 0.405 e. The van der Waals surface area contributed by atoms with Gasteiger partial charge in [0.1, 0.15) is 18.8 Å². The Morgan fingerprint density at radius 1 is 1.20 bits per heavy atom. The summed E-state index contributed by atoms with van der Waals surface area (Å²) in [4.78, 5) is 23.3. The van der Waals surface area contributed by atoms with Gasteiger partial charge < -0.3 is 10.1 Å². The van der Waals surface area contributed by atoms with E-state index in [1.807, 2.05) is 6.92 Å². The van der Waals surface area contributed by atoms with E-state index in [0.29, 0.717) is 23.6 Å². The third-order valence-corrected chi connectivity index (χ3v) is 3.11. The van der Waals surface area contributed by atoms with E-state index in [1.54, 1.807) is 29.6 Å². The van der Waals surface area contributed by atoms with Crippen molar-refractivity contribution in [3.05, 3.63) is 46.8 Å². The van der Waals surface area contributed by atoms with Gasteiger partial charge in [-0.1, -0.05) is 0 Å². The number of alkyl halides is 3. The van der Waals surface area contributed by atoms with Gasteiger partial charge in [0, 0.05) is 11.6 Å². The Morgan fingerprint density at radius 2 is 1.88 bits per heavy atom. The van der Waals surface area contributed by atoms with E-state index in [9.17, 15) is 22.8 Å². The van der Waals surface area contributed by atoms with Crippen molar-refractivity contribution < 1.29 is 22.7 Å². The summed E-state index contributed by atoms with van der Waals surface area (Å²) in [5.41, 5.74) is 0.496. The number of hydrogen-bond acceptors (Lipinski definition) is 4. The number of aromatic nitrogens is 2. The quantitative estimate of drug-likeness (QED) is 0.860. The number of rotatable bonds is 6. The molecule has 2 rings (SSSR count). The molecule has 0 aliphatic heterocycles. The van der Waals surface area contributed by atoms with Gasteiger partial charge in [-0.15, -0.1) is 0 Å². The maximum Gasteiger partial charge on any atom is 0.405 e. The van der Waals surface area contributed by atoms with E-state index < -0.39 is 30.7 Å². The summed E-state index contributed by atoms with van der Waals surface area (Å²) in [6.45, 7) is 0.323. The van der Waals surface area contributed by atoms with E-state index in [4.69, 9.17) is 4.74 Å². The molecule has 25 heavy (non-hydrogen) atoms. The van der Waals surface area contributed by atoms with Crippen molar-refractivity contribution in [1.29, 1.82) is 0 Å². The summed E-state index contributed by atoms with van der Waals surface area (Å²) in [6.07, 6.45) is -4.52. The lowest BCUT2D eigenvalue weighted by molar-refractivity contribution is -0.138. The summed E-state index contributed by atoms with van der Waals surface area (Å²) in [6, 6.07) is 9.59. The molecule has 0 atom stereocenters. The third kappa shape index (κ3) is 5.63. The number of halogens is 3. The molecule has 0 unspecified atom stereocenters. The van der Waals surface area contributed by atoms with Crippen molar-refractivity contribution in [3.8, 4) is 17.0 Å². The minimum atomic E-state index is -4.52. The van der Waals surface area contributed by atoms with Crippen LogP contribution >= 0.6 is 0 Å². The predicted octanol–water partition coefficient (Wildman–Crippen LogP) is 1.99. The summed E-state index contributed by atoms with van der Waals surface area (Å²) >= 11 is 0. The maximum absolute atomic E-state index is 12.1. The zero-order valence-electron chi connectivity index (χ0n) is 13.3. The number of benzene rings is 1. The molecule has 1 N–H and O–H groups in total.